The van der Waals surface area contributed by atoms with Crippen LogP contribution in [-0.4, -0.2) is 29.3 Å². The van der Waals surface area contributed by atoms with E-state index in [1.165, 1.54) is 0 Å². The first-order valence-corrected chi connectivity index (χ1v) is 7.21. The Morgan fingerprint density at radius 2 is 1.65 bits per heavy atom. The van der Waals surface area contributed by atoms with Gasteiger partial charge >= 0.3 is 7.12 Å². The van der Waals surface area contributed by atoms with Crippen LogP contribution in [0.15, 0.2) is 12.1 Å². The third-order valence-electron chi connectivity index (χ3n) is 3.94. The Morgan fingerprint density at radius 1 is 1.10 bits per heavy atom. The molecule has 0 unspecified atom stereocenters. The van der Waals surface area contributed by atoms with E-state index in [0.717, 1.165) is 17.0 Å². The predicted octanol–water partition coefficient (Wildman–Crippen LogP) is 2.51. The molecule has 20 heavy (non-hydrogen) atoms. The number of hydrogen-bond acceptors (Lipinski definition) is 4. The van der Waals surface area contributed by atoms with Gasteiger partial charge in [0.05, 0.1) is 11.2 Å². The number of hydrogen-bond donors (Lipinski definition) is 1. The zero-order chi connectivity index (χ0) is 15.1. The normalized spacial score (nSPS) is 20.5. The summed E-state index contributed by atoms with van der Waals surface area (Å²) in [4.78, 5) is 4.50. The molecule has 0 saturated carbocycles. The molecule has 2 heterocycles. The second-order valence-corrected chi connectivity index (χ2v) is 6.81. The fourth-order valence-corrected chi connectivity index (χ4v) is 2.18. The van der Waals surface area contributed by atoms with Gasteiger partial charge in [-0.3, -0.25) is 0 Å². The van der Waals surface area contributed by atoms with Crippen LogP contribution >= 0.6 is 0 Å². The third-order valence-corrected chi connectivity index (χ3v) is 3.94. The highest BCUT2D eigenvalue weighted by Gasteiger charge is 2.51. The Hall–Kier alpha value is -1.07. The monoisotopic (exact) mass is 276 g/mol. The molecule has 0 bridgehead atoms. The molecule has 110 valence electrons. The second kappa shape index (κ2) is 5.04. The van der Waals surface area contributed by atoms with Crippen molar-refractivity contribution in [2.75, 3.05) is 5.32 Å². The Labute approximate surface area is 122 Å². The van der Waals surface area contributed by atoms with Gasteiger partial charge in [-0.05, 0) is 66.1 Å². The van der Waals surface area contributed by atoms with Gasteiger partial charge < -0.3 is 14.6 Å². The van der Waals surface area contributed by atoms with E-state index in [1.807, 2.05) is 19.1 Å². The molecule has 0 aliphatic carbocycles. The molecule has 4 nitrogen and oxygen atoms in total. The molecule has 1 fully saturated rings. The first-order valence-electron chi connectivity index (χ1n) is 7.21. The average molecular weight is 276 g/mol. The highest BCUT2D eigenvalue weighted by atomic mass is 16.7. The van der Waals surface area contributed by atoms with Gasteiger partial charge in [0.25, 0.3) is 0 Å². The zero-order valence-corrected chi connectivity index (χ0v) is 13.6. The van der Waals surface area contributed by atoms with E-state index in [-0.39, 0.29) is 18.3 Å². The van der Waals surface area contributed by atoms with Gasteiger partial charge in [0.1, 0.15) is 5.82 Å². The number of pyridine rings is 1. The number of rotatable bonds is 3. The minimum absolute atomic E-state index is 0.319. The van der Waals surface area contributed by atoms with E-state index in [0.29, 0.717) is 6.04 Å². The van der Waals surface area contributed by atoms with Crippen LogP contribution in [0.4, 0.5) is 5.82 Å². The summed E-state index contributed by atoms with van der Waals surface area (Å²) >= 11 is 0. The molecule has 1 aromatic heterocycles. The minimum atomic E-state index is -0.339. The van der Waals surface area contributed by atoms with Crippen LogP contribution in [0, 0.1) is 6.92 Å². The van der Waals surface area contributed by atoms with Crippen molar-refractivity contribution in [3.63, 3.8) is 0 Å². The van der Waals surface area contributed by atoms with Crippen molar-refractivity contribution in [2.45, 2.75) is 65.7 Å². The molecule has 0 radical (unpaired) electrons. The van der Waals surface area contributed by atoms with Crippen LogP contribution < -0.4 is 10.8 Å². The van der Waals surface area contributed by atoms with Crippen LogP contribution in [0.5, 0.6) is 0 Å². The largest absolute Gasteiger partial charge is 0.495 e. The van der Waals surface area contributed by atoms with E-state index in [9.17, 15) is 0 Å². The molecule has 2 rings (SSSR count). The summed E-state index contributed by atoms with van der Waals surface area (Å²) < 4.78 is 12.2. The standard InChI is InChI=1S/C15H25BN2O2/c1-10(2)17-13-9-12(8-11(3)18-13)16-19-14(4,5)15(6,7)20-16/h8-10H,1-7H3,(H,17,18). The topological polar surface area (TPSA) is 43.4 Å². The lowest BCUT2D eigenvalue weighted by molar-refractivity contribution is 0.00578. The van der Waals surface area contributed by atoms with Gasteiger partial charge in [-0.2, -0.15) is 0 Å². The van der Waals surface area contributed by atoms with E-state index in [1.54, 1.807) is 0 Å². The number of nitrogens with one attached hydrogen (secondary N) is 1. The average Bonchev–Trinajstić information content (AvgIpc) is 2.46. The lowest BCUT2D eigenvalue weighted by Gasteiger charge is -2.32. The number of nitrogens with zero attached hydrogens (tertiary/aromatic N) is 1. The van der Waals surface area contributed by atoms with Crippen molar-refractivity contribution in [2.24, 2.45) is 0 Å². The smallest absolute Gasteiger partial charge is 0.399 e. The fourth-order valence-electron chi connectivity index (χ4n) is 2.18. The number of aryl methyl sites for hydroxylation is 1. The highest BCUT2D eigenvalue weighted by molar-refractivity contribution is 6.62. The van der Waals surface area contributed by atoms with Gasteiger partial charge in [0, 0.05) is 11.7 Å². The lowest BCUT2D eigenvalue weighted by Crippen LogP contribution is -2.41. The molecule has 1 N–H and O–H groups in total. The van der Waals surface area contributed by atoms with E-state index < -0.39 is 0 Å². The van der Waals surface area contributed by atoms with E-state index in [4.69, 9.17) is 9.31 Å². The first-order chi connectivity index (χ1) is 9.10. The van der Waals surface area contributed by atoms with Gasteiger partial charge in [0.2, 0.25) is 0 Å². The highest BCUT2D eigenvalue weighted by Crippen LogP contribution is 2.36. The number of aromatic nitrogens is 1. The molecule has 0 aromatic carbocycles. The van der Waals surface area contributed by atoms with Crippen LogP contribution in [-0.2, 0) is 9.31 Å². The molecule has 5 heteroatoms. The fraction of sp³-hybridized carbons (Fsp3) is 0.667. The summed E-state index contributed by atoms with van der Waals surface area (Å²) in [5.41, 5.74) is 1.33. The number of anilines is 1. The van der Waals surface area contributed by atoms with E-state index >= 15 is 0 Å². The van der Waals surface area contributed by atoms with Gasteiger partial charge in [-0.1, -0.05) is 0 Å². The van der Waals surface area contributed by atoms with Gasteiger partial charge in [0.15, 0.2) is 0 Å². The van der Waals surface area contributed by atoms with E-state index in [2.05, 4.69) is 51.8 Å². The van der Waals surface area contributed by atoms with Crippen molar-refractivity contribution >= 4 is 18.4 Å². The second-order valence-electron chi connectivity index (χ2n) is 6.81. The van der Waals surface area contributed by atoms with Gasteiger partial charge in [-0.25, -0.2) is 4.98 Å². The van der Waals surface area contributed by atoms with Crippen LogP contribution in [0.3, 0.4) is 0 Å². The molecular formula is C15H25BN2O2. The quantitative estimate of drug-likeness (QED) is 0.861. The zero-order valence-electron chi connectivity index (χ0n) is 13.6. The van der Waals surface area contributed by atoms with Crippen molar-refractivity contribution in [3.05, 3.63) is 17.8 Å². The van der Waals surface area contributed by atoms with Crippen molar-refractivity contribution in [1.82, 2.24) is 4.98 Å². The van der Waals surface area contributed by atoms with Crippen LogP contribution in [0.25, 0.3) is 0 Å². The Balaban J connectivity index is 2.28. The van der Waals surface area contributed by atoms with Gasteiger partial charge in [-0.15, -0.1) is 0 Å². The molecule has 1 aliphatic rings. The Bertz CT molecular complexity index is 485. The SMILES string of the molecule is Cc1cc(B2OC(C)(C)C(C)(C)O2)cc(NC(C)C)n1. The summed E-state index contributed by atoms with van der Waals surface area (Å²) in [6.45, 7) is 14.4. The van der Waals surface area contributed by atoms with Crippen molar-refractivity contribution in [3.8, 4) is 0 Å². The maximum absolute atomic E-state index is 6.09. The Kier molecular flexibility index (Phi) is 3.86. The third kappa shape index (κ3) is 2.99. The molecule has 0 amide bonds. The first kappa shape index (κ1) is 15.3. The summed E-state index contributed by atoms with van der Waals surface area (Å²) in [5, 5.41) is 3.33. The summed E-state index contributed by atoms with van der Waals surface area (Å²) in [7, 11) is -0.339. The maximum Gasteiger partial charge on any atom is 0.495 e. The maximum atomic E-state index is 6.09. The Morgan fingerprint density at radius 3 is 2.15 bits per heavy atom. The molecule has 1 aliphatic heterocycles. The minimum Gasteiger partial charge on any atom is -0.399 e. The summed E-state index contributed by atoms with van der Waals surface area (Å²) in [6, 6.07) is 4.37. The molecule has 0 spiro atoms. The van der Waals surface area contributed by atoms with Crippen LogP contribution in [0.1, 0.15) is 47.2 Å². The lowest BCUT2D eigenvalue weighted by atomic mass is 9.79. The molecule has 1 aromatic rings. The summed E-state index contributed by atoms with van der Waals surface area (Å²) in [6.07, 6.45) is 0. The summed E-state index contributed by atoms with van der Waals surface area (Å²) in [5.74, 6) is 0.865. The van der Waals surface area contributed by atoms with Crippen molar-refractivity contribution in [1.29, 1.82) is 0 Å². The molecule has 0 atom stereocenters. The van der Waals surface area contributed by atoms with Crippen molar-refractivity contribution < 1.29 is 9.31 Å². The predicted molar refractivity (Wildman–Crippen MR) is 83.4 cm³/mol. The molecule has 1 saturated heterocycles. The molecular weight excluding hydrogens is 251 g/mol. The van der Waals surface area contributed by atoms with Crippen LogP contribution in [0.2, 0.25) is 0 Å².